The summed E-state index contributed by atoms with van der Waals surface area (Å²) in [6, 6.07) is 10.4. The van der Waals surface area contributed by atoms with E-state index in [1.54, 1.807) is 6.92 Å². The van der Waals surface area contributed by atoms with Crippen molar-refractivity contribution in [2.24, 2.45) is 5.16 Å². The highest BCUT2D eigenvalue weighted by molar-refractivity contribution is 5.88. The lowest BCUT2D eigenvalue weighted by atomic mass is 9.85. The lowest BCUT2D eigenvalue weighted by Crippen LogP contribution is -2.46. The maximum atomic E-state index is 11.4. The van der Waals surface area contributed by atoms with Crippen LogP contribution in [-0.4, -0.2) is 35.2 Å². The SMILES string of the molecule is CC(=O)N1CCC2(CC1)CC(Cc1ccccc1)=NO2. The number of rotatable bonds is 2. The van der Waals surface area contributed by atoms with Crippen molar-refractivity contribution in [3.05, 3.63) is 35.9 Å². The number of amides is 1. The molecule has 1 saturated heterocycles. The van der Waals surface area contributed by atoms with Gasteiger partial charge in [0.25, 0.3) is 0 Å². The molecule has 0 aromatic heterocycles. The van der Waals surface area contributed by atoms with Crippen molar-refractivity contribution in [3.8, 4) is 0 Å². The summed E-state index contributed by atoms with van der Waals surface area (Å²) in [6.45, 7) is 3.19. The van der Waals surface area contributed by atoms with Crippen molar-refractivity contribution in [1.29, 1.82) is 0 Å². The first-order valence-corrected chi connectivity index (χ1v) is 7.20. The molecule has 2 heterocycles. The number of piperidine rings is 1. The Morgan fingerprint density at radius 1 is 1.30 bits per heavy atom. The zero-order valence-corrected chi connectivity index (χ0v) is 11.8. The van der Waals surface area contributed by atoms with Gasteiger partial charge in [0.05, 0.1) is 5.71 Å². The molecule has 106 valence electrons. The summed E-state index contributed by atoms with van der Waals surface area (Å²) in [7, 11) is 0. The van der Waals surface area contributed by atoms with Crippen LogP contribution in [0.25, 0.3) is 0 Å². The average Bonchev–Trinajstić information content (AvgIpc) is 2.83. The minimum Gasteiger partial charge on any atom is -0.389 e. The Bertz CT molecular complexity index is 517. The molecule has 4 heteroatoms. The van der Waals surface area contributed by atoms with Crippen molar-refractivity contribution in [2.75, 3.05) is 13.1 Å². The van der Waals surface area contributed by atoms with Crippen molar-refractivity contribution < 1.29 is 9.63 Å². The highest BCUT2D eigenvalue weighted by atomic mass is 16.7. The maximum absolute atomic E-state index is 11.4. The van der Waals surface area contributed by atoms with Gasteiger partial charge >= 0.3 is 0 Å². The van der Waals surface area contributed by atoms with Gasteiger partial charge in [0.15, 0.2) is 0 Å². The largest absolute Gasteiger partial charge is 0.389 e. The van der Waals surface area contributed by atoms with Gasteiger partial charge in [-0.2, -0.15) is 0 Å². The second-order valence-corrected chi connectivity index (χ2v) is 5.78. The van der Waals surface area contributed by atoms with Crippen LogP contribution >= 0.6 is 0 Å². The van der Waals surface area contributed by atoms with Crippen LogP contribution in [0.2, 0.25) is 0 Å². The minimum absolute atomic E-state index is 0.156. The van der Waals surface area contributed by atoms with Gasteiger partial charge in [0.1, 0.15) is 5.60 Å². The lowest BCUT2D eigenvalue weighted by Gasteiger charge is -2.36. The molecule has 20 heavy (non-hydrogen) atoms. The van der Waals surface area contributed by atoms with Crippen LogP contribution in [0.3, 0.4) is 0 Å². The van der Waals surface area contributed by atoms with E-state index >= 15 is 0 Å². The maximum Gasteiger partial charge on any atom is 0.219 e. The Morgan fingerprint density at radius 2 is 2.00 bits per heavy atom. The van der Waals surface area contributed by atoms with Crippen LogP contribution in [-0.2, 0) is 16.1 Å². The van der Waals surface area contributed by atoms with E-state index in [0.29, 0.717) is 0 Å². The minimum atomic E-state index is -0.157. The predicted octanol–water partition coefficient (Wildman–Crippen LogP) is 2.39. The van der Waals surface area contributed by atoms with Gasteiger partial charge in [-0.05, 0) is 5.56 Å². The molecule has 1 aromatic rings. The third-order valence-corrected chi connectivity index (χ3v) is 4.27. The van der Waals surface area contributed by atoms with Gasteiger partial charge in [0.2, 0.25) is 5.91 Å². The van der Waals surface area contributed by atoms with Crippen LogP contribution in [0.5, 0.6) is 0 Å². The van der Waals surface area contributed by atoms with Crippen LogP contribution < -0.4 is 0 Å². The number of benzene rings is 1. The second kappa shape index (κ2) is 5.27. The molecule has 3 rings (SSSR count). The molecule has 0 radical (unpaired) electrons. The quantitative estimate of drug-likeness (QED) is 0.829. The summed E-state index contributed by atoms with van der Waals surface area (Å²) in [5.74, 6) is 0.156. The summed E-state index contributed by atoms with van der Waals surface area (Å²) in [6.07, 6.45) is 3.52. The summed E-state index contributed by atoms with van der Waals surface area (Å²) < 4.78 is 0. The van der Waals surface area contributed by atoms with E-state index in [-0.39, 0.29) is 11.5 Å². The Labute approximate surface area is 119 Å². The number of nitrogens with zero attached hydrogens (tertiary/aromatic N) is 2. The Hall–Kier alpha value is -1.84. The molecule has 2 aliphatic rings. The molecule has 4 nitrogen and oxygen atoms in total. The van der Waals surface area contributed by atoms with Crippen LogP contribution in [0.15, 0.2) is 35.5 Å². The zero-order valence-electron chi connectivity index (χ0n) is 11.8. The van der Waals surface area contributed by atoms with Gasteiger partial charge in [-0.1, -0.05) is 35.5 Å². The summed E-state index contributed by atoms with van der Waals surface area (Å²) in [5.41, 5.74) is 2.23. The summed E-state index contributed by atoms with van der Waals surface area (Å²) in [5, 5.41) is 4.29. The normalized spacial score (nSPS) is 20.6. The number of carbonyl (C=O) groups excluding carboxylic acids is 1. The number of carbonyl (C=O) groups is 1. The Kier molecular flexibility index (Phi) is 3.47. The van der Waals surface area contributed by atoms with E-state index in [1.807, 2.05) is 23.1 Å². The molecule has 0 aliphatic carbocycles. The summed E-state index contributed by atoms with van der Waals surface area (Å²) in [4.78, 5) is 19.0. The lowest BCUT2D eigenvalue weighted by molar-refractivity contribution is -0.134. The van der Waals surface area contributed by atoms with Gasteiger partial charge in [-0.25, -0.2) is 0 Å². The van der Waals surface area contributed by atoms with Crippen molar-refractivity contribution in [1.82, 2.24) is 4.90 Å². The average molecular weight is 272 g/mol. The van der Waals surface area contributed by atoms with Crippen LogP contribution in [0, 0.1) is 0 Å². The molecule has 2 aliphatic heterocycles. The molecule has 1 fully saturated rings. The zero-order chi connectivity index (χ0) is 14.0. The third-order valence-electron chi connectivity index (χ3n) is 4.27. The number of hydrogen-bond donors (Lipinski definition) is 0. The molecule has 0 unspecified atom stereocenters. The standard InChI is InChI=1S/C16H20N2O2/c1-13(19)18-9-7-16(8-10-18)12-15(17-20-16)11-14-5-3-2-4-6-14/h2-6H,7-12H2,1H3. The Morgan fingerprint density at radius 3 is 2.65 bits per heavy atom. The third kappa shape index (κ3) is 2.69. The molecular formula is C16H20N2O2. The topological polar surface area (TPSA) is 41.9 Å². The number of likely N-dealkylation sites (tertiary alicyclic amines) is 1. The van der Waals surface area contributed by atoms with Gasteiger partial charge in [-0.3, -0.25) is 4.79 Å². The van der Waals surface area contributed by atoms with E-state index in [4.69, 9.17) is 4.84 Å². The molecule has 0 saturated carbocycles. The van der Waals surface area contributed by atoms with Crippen molar-refractivity contribution in [2.45, 2.75) is 38.2 Å². The van der Waals surface area contributed by atoms with E-state index in [1.165, 1.54) is 5.56 Å². The van der Waals surface area contributed by atoms with Gasteiger partial charge in [0, 0.05) is 45.7 Å². The van der Waals surface area contributed by atoms with Gasteiger partial charge < -0.3 is 9.74 Å². The monoisotopic (exact) mass is 272 g/mol. The molecule has 1 spiro atoms. The second-order valence-electron chi connectivity index (χ2n) is 5.78. The van der Waals surface area contributed by atoms with Crippen molar-refractivity contribution in [3.63, 3.8) is 0 Å². The first kappa shape index (κ1) is 13.2. The fourth-order valence-electron chi connectivity index (χ4n) is 3.02. The smallest absolute Gasteiger partial charge is 0.219 e. The molecular weight excluding hydrogens is 252 g/mol. The van der Waals surface area contributed by atoms with E-state index < -0.39 is 0 Å². The van der Waals surface area contributed by atoms with E-state index in [2.05, 4.69) is 17.3 Å². The molecule has 0 bridgehead atoms. The first-order valence-electron chi connectivity index (χ1n) is 7.20. The Balaban J connectivity index is 1.58. The van der Waals surface area contributed by atoms with Gasteiger partial charge in [-0.15, -0.1) is 0 Å². The fourth-order valence-corrected chi connectivity index (χ4v) is 3.02. The first-order chi connectivity index (χ1) is 9.67. The number of oxime groups is 1. The highest BCUT2D eigenvalue weighted by Gasteiger charge is 2.42. The highest BCUT2D eigenvalue weighted by Crippen LogP contribution is 2.35. The van der Waals surface area contributed by atoms with Crippen molar-refractivity contribution >= 4 is 11.6 Å². The fraction of sp³-hybridized carbons (Fsp3) is 0.500. The van der Waals surface area contributed by atoms with Crippen LogP contribution in [0.1, 0.15) is 31.7 Å². The van der Waals surface area contributed by atoms with E-state index in [9.17, 15) is 4.79 Å². The molecule has 0 N–H and O–H groups in total. The molecule has 1 aromatic carbocycles. The summed E-state index contributed by atoms with van der Waals surface area (Å²) >= 11 is 0. The molecule has 1 amide bonds. The molecule has 0 atom stereocenters. The predicted molar refractivity (Wildman–Crippen MR) is 77.5 cm³/mol. The van der Waals surface area contributed by atoms with E-state index in [0.717, 1.165) is 44.5 Å². The number of hydrogen-bond acceptors (Lipinski definition) is 3. The van der Waals surface area contributed by atoms with Crippen LogP contribution in [0.4, 0.5) is 0 Å².